The monoisotopic (exact) mass is 263 g/mol. The number of aryl methyl sites for hydroxylation is 2. The van der Waals surface area contributed by atoms with Crippen LogP contribution >= 0.6 is 0 Å². The Labute approximate surface area is 115 Å². The third-order valence-electron chi connectivity index (χ3n) is 4.29. The highest BCUT2D eigenvalue weighted by Crippen LogP contribution is 2.31. The van der Waals surface area contributed by atoms with Gasteiger partial charge in [0, 0.05) is 39.3 Å². The van der Waals surface area contributed by atoms with Gasteiger partial charge in [-0.1, -0.05) is 13.3 Å². The van der Waals surface area contributed by atoms with Crippen LogP contribution in [0.25, 0.3) is 0 Å². The number of hydrogen-bond donors (Lipinski definition) is 1. The lowest BCUT2D eigenvalue weighted by molar-refractivity contribution is 0.247. The van der Waals surface area contributed by atoms with Crippen molar-refractivity contribution in [3.63, 3.8) is 0 Å². The average Bonchev–Trinajstić information content (AvgIpc) is 3.20. The summed E-state index contributed by atoms with van der Waals surface area (Å²) < 4.78 is 1.97. The number of piperazine rings is 1. The maximum absolute atomic E-state index is 6.29. The van der Waals surface area contributed by atoms with E-state index in [9.17, 15) is 0 Å². The van der Waals surface area contributed by atoms with Crippen molar-refractivity contribution >= 4 is 11.5 Å². The second kappa shape index (κ2) is 5.04. The highest BCUT2D eigenvalue weighted by Gasteiger charge is 2.32. The van der Waals surface area contributed by atoms with Gasteiger partial charge in [0.05, 0.1) is 11.4 Å². The molecule has 1 aromatic rings. The summed E-state index contributed by atoms with van der Waals surface area (Å²) in [4.78, 5) is 5.02. The van der Waals surface area contributed by atoms with Crippen molar-refractivity contribution in [3.8, 4) is 0 Å². The van der Waals surface area contributed by atoms with Crippen LogP contribution < -0.4 is 10.6 Å². The summed E-state index contributed by atoms with van der Waals surface area (Å²) in [7, 11) is 2.01. The Kier molecular flexibility index (Phi) is 3.39. The van der Waals surface area contributed by atoms with Crippen molar-refractivity contribution in [1.29, 1.82) is 0 Å². The van der Waals surface area contributed by atoms with Gasteiger partial charge in [-0.2, -0.15) is 5.10 Å². The lowest BCUT2D eigenvalue weighted by Gasteiger charge is -2.36. The summed E-state index contributed by atoms with van der Waals surface area (Å²) in [5, 5.41) is 4.58. The highest BCUT2D eigenvalue weighted by atomic mass is 15.4. The van der Waals surface area contributed by atoms with E-state index in [1.54, 1.807) is 0 Å². The minimum atomic E-state index is 0.877. The van der Waals surface area contributed by atoms with E-state index in [-0.39, 0.29) is 0 Å². The van der Waals surface area contributed by atoms with Gasteiger partial charge in [0.25, 0.3) is 0 Å². The zero-order valence-electron chi connectivity index (χ0n) is 12.1. The van der Waals surface area contributed by atoms with Crippen LogP contribution in [0.3, 0.4) is 0 Å². The fourth-order valence-corrected chi connectivity index (χ4v) is 3.12. The summed E-state index contributed by atoms with van der Waals surface area (Å²) in [5.74, 6) is 1.12. The Balaban J connectivity index is 1.71. The summed E-state index contributed by atoms with van der Waals surface area (Å²) in [6, 6.07) is 0.877. The fourth-order valence-electron chi connectivity index (χ4n) is 3.12. The predicted octanol–water partition coefficient (Wildman–Crippen LogP) is 1.24. The van der Waals surface area contributed by atoms with E-state index in [0.717, 1.165) is 49.2 Å². The Hall–Kier alpha value is -1.23. The van der Waals surface area contributed by atoms with Crippen molar-refractivity contribution in [3.05, 3.63) is 5.69 Å². The van der Waals surface area contributed by atoms with Crippen LogP contribution in [0.5, 0.6) is 0 Å². The van der Waals surface area contributed by atoms with Crippen molar-refractivity contribution in [2.24, 2.45) is 7.05 Å². The van der Waals surface area contributed by atoms with E-state index in [1.165, 1.54) is 25.9 Å². The molecular formula is C14H25N5. The van der Waals surface area contributed by atoms with Gasteiger partial charge in [0.15, 0.2) is 0 Å². The number of hydrogen-bond acceptors (Lipinski definition) is 4. The van der Waals surface area contributed by atoms with E-state index in [1.807, 2.05) is 11.7 Å². The molecule has 5 nitrogen and oxygen atoms in total. The van der Waals surface area contributed by atoms with Gasteiger partial charge in [0.1, 0.15) is 5.82 Å². The number of aromatic nitrogens is 2. The first kappa shape index (κ1) is 12.8. The highest BCUT2D eigenvalue weighted by molar-refractivity contribution is 5.66. The lowest BCUT2D eigenvalue weighted by Crippen LogP contribution is -2.47. The number of anilines is 2. The fraction of sp³-hybridized carbons (Fsp3) is 0.786. The number of nitrogens with two attached hydrogens (primary N) is 1. The van der Waals surface area contributed by atoms with Crippen LogP contribution in [0, 0.1) is 0 Å². The first-order valence-electron chi connectivity index (χ1n) is 7.51. The van der Waals surface area contributed by atoms with Crippen LogP contribution in [0.15, 0.2) is 0 Å². The van der Waals surface area contributed by atoms with Crippen molar-refractivity contribution < 1.29 is 0 Å². The SMILES string of the molecule is CCCc1nn(C)c(N2CCN(C3CC3)CC2)c1N. The van der Waals surface area contributed by atoms with Crippen molar-refractivity contribution in [1.82, 2.24) is 14.7 Å². The van der Waals surface area contributed by atoms with Gasteiger partial charge in [-0.05, 0) is 19.3 Å². The molecule has 1 aliphatic carbocycles. The van der Waals surface area contributed by atoms with Crippen LogP contribution in [-0.4, -0.2) is 46.9 Å². The molecule has 0 unspecified atom stereocenters. The first-order valence-corrected chi connectivity index (χ1v) is 7.51. The smallest absolute Gasteiger partial charge is 0.150 e. The molecule has 0 radical (unpaired) electrons. The molecule has 1 aliphatic heterocycles. The normalized spacial score (nSPS) is 21.1. The molecule has 1 saturated heterocycles. The molecule has 0 spiro atoms. The molecule has 2 fully saturated rings. The van der Waals surface area contributed by atoms with Crippen molar-refractivity contribution in [2.75, 3.05) is 36.8 Å². The summed E-state index contributed by atoms with van der Waals surface area (Å²) in [6.45, 7) is 6.65. The van der Waals surface area contributed by atoms with Crippen LogP contribution in [-0.2, 0) is 13.5 Å². The summed E-state index contributed by atoms with van der Waals surface area (Å²) >= 11 is 0. The Morgan fingerprint density at radius 1 is 1.21 bits per heavy atom. The molecule has 2 heterocycles. The van der Waals surface area contributed by atoms with Crippen LogP contribution in [0.2, 0.25) is 0 Å². The second-order valence-electron chi connectivity index (χ2n) is 5.81. The first-order chi connectivity index (χ1) is 9.20. The van der Waals surface area contributed by atoms with E-state index < -0.39 is 0 Å². The molecule has 0 amide bonds. The average molecular weight is 263 g/mol. The topological polar surface area (TPSA) is 50.3 Å². The number of nitrogens with zero attached hydrogens (tertiary/aromatic N) is 4. The molecule has 0 aromatic carbocycles. The summed E-state index contributed by atoms with van der Waals surface area (Å²) in [5.41, 5.74) is 8.24. The number of nitrogen functional groups attached to an aromatic ring is 1. The van der Waals surface area contributed by atoms with Gasteiger partial charge in [-0.15, -0.1) is 0 Å². The second-order valence-corrected chi connectivity index (χ2v) is 5.81. The van der Waals surface area contributed by atoms with Gasteiger partial charge in [0.2, 0.25) is 0 Å². The molecule has 3 rings (SSSR count). The standard InChI is InChI=1S/C14H25N5/c1-3-4-12-13(15)14(17(2)16-12)19-9-7-18(8-10-19)11-5-6-11/h11H,3-10,15H2,1-2H3. The summed E-state index contributed by atoms with van der Waals surface area (Å²) in [6.07, 6.45) is 4.86. The molecular weight excluding hydrogens is 238 g/mol. The van der Waals surface area contributed by atoms with Crippen LogP contribution in [0.4, 0.5) is 11.5 Å². The molecule has 1 aromatic heterocycles. The Morgan fingerprint density at radius 3 is 2.47 bits per heavy atom. The van der Waals surface area contributed by atoms with E-state index in [4.69, 9.17) is 5.73 Å². The largest absolute Gasteiger partial charge is 0.394 e. The van der Waals surface area contributed by atoms with Gasteiger partial charge in [-0.25, -0.2) is 0 Å². The molecule has 1 saturated carbocycles. The zero-order valence-corrected chi connectivity index (χ0v) is 12.1. The quantitative estimate of drug-likeness (QED) is 0.888. The Morgan fingerprint density at radius 2 is 1.89 bits per heavy atom. The third kappa shape index (κ3) is 2.43. The minimum Gasteiger partial charge on any atom is -0.394 e. The van der Waals surface area contributed by atoms with Gasteiger partial charge in [-0.3, -0.25) is 9.58 Å². The Bertz CT molecular complexity index is 441. The van der Waals surface area contributed by atoms with Crippen LogP contribution in [0.1, 0.15) is 31.9 Å². The molecule has 0 atom stereocenters. The maximum Gasteiger partial charge on any atom is 0.150 e. The van der Waals surface area contributed by atoms with Gasteiger partial charge >= 0.3 is 0 Å². The molecule has 2 N–H and O–H groups in total. The lowest BCUT2D eigenvalue weighted by atomic mass is 10.2. The molecule has 106 valence electrons. The molecule has 2 aliphatic rings. The van der Waals surface area contributed by atoms with Crippen molar-refractivity contribution in [2.45, 2.75) is 38.6 Å². The zero-order chi connectivity index (χ0) is 13.4. The van der Waals surface area contributed by atoms with E-state index in [2.05, 4.69) is 21.8 Å². The van der Waals surface area contributed by atoms with E-state index >= 15 is 0 Å². The molecule has 19 heavy (non-hydrogen) atoms. The van der Waals surface area contributed by atoms with E-state index in [0.29, 0.717) is 0 Å². The number of rotatable bonds is 4. The molecule has 0 bridgehead atoms. The third-order valence-corrected chi connectivity index (χ3v) is 4.29. The predicted molar refractivity (Wildman–Crippen MR) is 78.4 cm³/mol. The minimum absolute atomic E-state index is 0.877. The van der Waals surface area contributed by atoms with Gasteiger partial charge < -0.3 is 10.6 Å². The maximum atomic E-state index is 6.29. The molecule has 5 heteroatoms.